The lowest BCUT2D eigenvalue weighted by Gasteiger charge is -2.37. The minimum atomic E-state index is 0.148. The summed E-state index contributed by atoms with van der Waals surface area (Å²) in [5, 5.41) is 11.2. The molecule has 0 unspecified atom stereocenters. The zero-order valence-corrected chi connectivity index (χ0v) is 16.7. The Balaban J connectivity index is 1.64. The molecule has 5 nitrogen and oxygen atoms in total. The monoisotopic (exact) mass is 348 g/mol. The van der Waals surface area contributed by atoms with Gasteiger partial charge in [0.1, 0.15) is 0 Å². The maximum Gasteiger partial charge on any atom is 0.0700 e. The first-order valence-corrected chi connectivity index (χ1v) is 9.85. The van der Waals surface area contributed by atoms with E-state index in [0.29, 0.717) is 11.3 Å². The van der Waals surface area contributed by atoms with E-state index in [1.54, 1.807) is 0 Å². The van der Waals surface area contributed by atoms with Crippen molar-refractivity contribution in [2.45, 2.75) is 70.9 Å². The van der Waals surface area contributed by atoms with E-state index in [9.17, 15) is 0 Å². The van der Waals surface area contributed by atoms with Gasteiger partial charge in [-0.05, 0) is 58.5 Å². The van der Waals surface area contributed by atoms with E-state index in [2.05, 4.69) is 43.1 Å². The molecule has 5 heteroatoms. The number of H-pyrrole nitrogens is 1. The van der Waals surface area contributed by atoms with Crippen LogP contribution in [0.2, 0.25) is 0 Å². The number of likely N-dealkylation sites (N-methyl/N-ethyl adjacent to an activating group) is 2. The Morgan fingerprint density at radius 1 is 1.32 bits per heavy atom. The molecule has 2 heterocycles. The van der Waals surface area contributed by atoms with Crippen LogP contribution < -0.4 is 5.32 Å². The van der Waals surface area contributed by atoms with Crippen LogP contribution in [0.1, 0.15) is 68.8 Å². The van der Waals surface area contributed by atoms with Gasteiger partial charge >= 0.3 is 0 Å². The topological polar surface area (TPSA) is 53.2 Å². The molecule has 2 aliphatic rings. The maximum atomic E-state index is 6.28. The standard InChI is InChI=1S/C20H36N4O/c1-15-17(12-24(5)11-10-21-4)18(23-22-15)16-6-8-20(9-7-16)13-19(2,3)14-25-20/h16,21H,6-14H2,1-5H3,(H,22,23)/t16-,20+. The molecule has 0 amide bonds. The lowest BCUT2D eigenvalue weighted by Crippen LogP contribution is -2.34. The molecule has 1 aliphatic carbocycles. The third kappa shape index (κ3) is 4.26. The summed E-state index contributed by atoms with van der Waals surface area (Å²) in [7, 11) is 4.20. The van der Waals surface area contributed by atoms with Crippen LogP contribution in [0.3, 0.4) is 0 Å². The SMILES string of the molecule is CNCCN(C)Cc1c(C)[nH]nc1[C@H]1CC[C@@]2(CC1)CC(C)(C)CO2. The summed E-state index contributed by atoms with van der Waals surface area (Å²) in [5.41, 5.74) is 4.43. The van der Waals surface area contributed by atoms with Crippen LogP contribution >= 0.6 is 0 Å². The minimum Gasteiger partial charge on any atom is -0.374 e. The summed E-state index contributed by atoms with van der Waals surface area (Å²) in [6.07, 6.45) is 5.98. The van der Waals surface area contributed by atoms with Crippen molar-refractivity contribution in [2.75, 3.05) is 33.8 Å². The highest BCUT2D eigenvalue weighted by Gasteiger charge is 2.46. The highest BCUT2D eigenvalue weighted by Crippen LogP contribution is 2.50. The first kappa shape index (κ1) is 18.9. The van der Waals surface area contributed by atoms with Crippen molar-refractivity contribution in [3.63, 3.8) is 0 Å². The Kier molecular flexibility index (Phi) is 5.57. The van der Waals surface area contributed by atoms with Gasteiger partial charge in [0.05, 0.1) is 17.9 Å². The fourth-order valence-electron chi connectivity index (χ4n) is 4.72. The van der Waals surface area contributed by atoms with Crippen molar-refractivity contribution in [3.8, 4) is 0 Å². The minimum absolute atomic E-state index is 0.148. The molecule has 142 valence electrons. The van der Waals surface area contributed by atoms with Crippen LogP contribution in [0, 0.1) is 12.3 Å². The number of hydrogen-bond donors (Lipinski definition) is 2. The summed E-state index contributed by atoms with van der Waals surface area (Å²) >= 11 is 0. The zero-order valence-electron chi connectivity index (χ0n) is 16.7. The fourth-order valence-corrected chi connectivity index (χ4v) is 4.72. The van der Waals surface area contributed by atoms with Gasteiger partial charge in [0.2, 0.25) is 0 Å². The normalized spacial score (nSPS) is 29.0. The molecule has 0 bridgehead atoms. The molecule has 0 radical (unpaired) electrons. The maximum absolute atomic E-state index is 6.28. The van der Waals surface area contributed by atoms with Gasteiger partial charge in [-0.25, -0.2) is 0 Å². The summed E-state index contributed by atoms with van der Waals surface area (Å²) in [6, 6.07) is 0. The van der Waals surface area contributed by atoms with Crippen molar-refractivity contribution in [1.82, 2.24) is 20.4 Å². The number of aromatic amines is 1. The first-order valence-electron chi connectivity index (χ1n) is 9.85. The number of nitrogens with one attached hydrogen (secondary N) is 2. The molecule has 1 spiro atoms. The molecule has 2 fully saturated rings. The number of hydrogen-bond acceptors (Lipinski definition) is 4. The van der Waals surface area contributed by atoms with Crippen LogP contribution in [0.15, 0.2) is 0 Å². The lowest BCUT2D eigenvalue weighted by atomic mass is 9.72. The Labute approximate surface area is 152 Å². The summed E-state index contributed by atoms with van der Waals surface area (Å²) in [6.45, 7) is 10.8. The van der Waals surface area contributed by atoms with Gasteiger partial charge in [-0.1, -0.05) is 13.8 Å². The van der Waals surface area contributed by atoms with E-state index >= 15 is 0 Å². The van der Waals surface area contributed by atoms with Crippen LogP contribution in [-0.2, 0) is 11.3 Å². The molecule has 1 aromatic rings. The second kappa shape index (κ2) is 7.37. The molecular weight excluding hydrogens is 312 g/mol. The van der Waals surface area contributed by atoms with E-state index in [-0.39, 0.29) is 5.60 Å². The Hall–Kier alpha value is -0.910. The summed E-state index contributed by atoms with van der Waals surface area (Å²) in [5.74, 6) is 0.579. The lowest BCUT2D eigenvalue weighted by molar-refractivity contribution is -0.0296. The quantitative estimate of drug-likeness (QED) is 0.829. The van der Waals surface area contributed by atoms with E-state index in [4.69, 9.17) is 9.84 Å². The largest absolute Gasteiger partial charge is 0.374 e. The second-order valence-corrected chi connectivity index (χ2v) is 9.14. The number of rotatable bonds is 6. The third-order valence-electron chi connectivity index (χ3n) is 6.13. The molecule has 25 heavy (non-hydrogen) atoms. The van der Waals surface area contributed by atoms with Crippen molar-refractivity contribution in [1.29, 1.82) is 0 Å². The molecule has 1 aliphatic heterocycles. The average Bonchev–Trinajstić information content (AvgIpc) is 3.07. The molecule has 2 N–H and O–H groups in total. The predicted molar refractivity (Wildman–Crippen MR) is 102 cm³/mol. The molecule has 3 rings (SSSR count). The van der Waals surface area contributed by atoms with Gasteiger partial charge in [-0.15, -0.1) is 0 Å². The highest BCUT2D eigenvalue weighted by atomic mass is 16.5. The van der Waals surface area contributed by atoms with Gasteiger partial charge in [-0.2, -0.15) is 5.10 Å². The molecule has 1 saturated heterocycles. The van der Waals surface area contributed by atoms with Gasteiger partial charge in [-0.3, -0.25) is 5.10 Å². The Morgan fingerprint density at radius 3 is 2.64 bits per heavy atom. The van der Waals surface area contributed by atoms with Crippen molar-refractivity contribution < 1.29 is 4.74 Å². The molecule has 1 aromatic heterocycles. The van der Waals surface area contributed by atoms with Crippen LogP contribution in [0.4, 0.5) is 0 Å². The second-order valence-electron chi connectivity index (χ2n) is 9.14. The molecule has 0 atom stereocenters. The molecular formula is C20H36N4O. The van der Waals surface area contributed by atoms with Crippen LogP contribution in [-0.4, -0.2) is 54.5 Å². The van der Waals surface area contributed by atoms with E-state index in [0.717, 1.165) is 26.2 Å². The van der Waals surface area contributed by atoms with Crippen LogP contribution in [0.5, 0.6) is 0 Å². The fraction of sp³-hybridized carbons (Fsp3) is 0.850. The Bertz CT molecular complexity index is 572. The predicted octanol–water partition coefficient (Wildman–Crippen LogP) is 3.21. The average molecular weight is 349 g/mol. The zero-order chi connectivity index (χ0) is 18.1. The number of aromatic nitrogens is 2. The molecule has 0 aromatic carbocycles. The first-order chi connectivity index (χ1) is 11.8. The Morgan fingerprint density at radius 2 is 2.04 bits per heavy atom. The number of nitrogens with zero attached hydrogens (tertiary/aromatic N) is 2. The number of ether oxygens (including phenoxy) is 1. The summed E-state index contributed by atoms with van der Waals surface area (Å²) < 4.78 is 6.28. The van der Waals surface area contributed by atoms with Crippen molar-refractivity contribution in [3.05, 3.63) is 17.0 Å². The summed E-state index contributed by atoms with van der Waals surface area (Å²) in [4.78, 5) is 2.38. The number of aryl methyl sites for hydroxylation is 1. The van der Waals surface area contributed by atoms with E-state index in [1.165, 1.54) is 49.1 Å². The highest BCUT2D eigenvalue weighted by molar-refractivity contribution is 5.28. The van der Waals surface area contributed by atoms with Crippen molar-refractivity contribution in [2.24, 2.45) is 5.41 Å². The van der Waals surface area contributed by atoms with Gasteiger partial charge in [0.25, 0.3) is 0 Å². The van der Waals surface area contributed by atoms with E-state index in [1.807, 2.05) is 7.05 Å². The van der Waals surface area contributed by atoms with Gasteiger partial charge in [0.15, 0.2) is 0 Å². The van der Waals surface area contributed by atoms with E-state index < -0.39 is 0 Å². The van der Waals surface area contributed by atoms with Gasteiger partial charge < -0.3 is 15.0 Å². The smallest absolute Gasteiger partial charge is 0.0700 e. The molecule has 1 saturated carbocycles. The van der Waals surface area contributed by atoms with Crippen molar-refractivity contribution >= 4 is 0 Å². The van der Waals surface area contributed by atoms with Gasteiger partial charge in [0, 0.05) is 36.8 Å². The third-order valence-corrected chi connectivity index (χ3v) is 6.13. The van der Waals surface area contributed by atoms with Crippen LogP contribution in [0.25, 0.3) is 0 Å².